The second-order valence-corrected chi connectivity index (χ2v) is 15.8. The van der Waals surface area contributed by atoms with E-state index in [4.69, 9.17) is 19.1 Å². The van der Waals surface area contributed by atoms with Crippen LogP contribution in [-0.4, -0.2) is 65.7 Å². The smallest absolute Gasteiger partial charge is 0.462 e. The summed E-state index contributed by atoms with van der Waals surface area (Å²) in [6.07, 6.45) is 47.3. The number of esters is 2. The van der Waals surface area contributed by atoms with Crippen molar-refractivity contribution in [3.63, 3.8) is 0 Å². The average Bonchev–Trinajstić information content (AvgIpc) is 3.20. The zero-order chi connectivity index (χ0) is 41.9. The minimum absolute atomic E-state index is 0.102. The van der Waals surface area contributed by atoms with E-state index in [1.54, 1.807) is 0 Å². The van der Waals surface area contributed by atoms with Gasteiger partial charge in [-0.2, -0.15) is 0 Å². The molecule has 3 unspecified atom stereocenters. The number of unbranched alkanes of at least 4 members (excludes halogenated alkanes) is 14. The van der Waals surface area contributed by atoms with Gasteiger partial charge in [-0.25, -0.2) is 4.57 Å². The molecule has 328 valence electrons. The summed E-state index contributed by atoms with van der Waals surface area (Å²) in [7, 11) is -4.64. The van der Waals surface area contributed by atoms with Gasteiger partial charge in [0.15, 0.2) is 6.10 Å². The van der Waals surface area contributed by atoms with E-state index in [9.17, 15) is 24.2 Å². The van der Waals surface area contributed by atoms with E-state index in [0.717, 1.165) is 57.8 Å². The molecule has 10 nitrogen and oxygen atoms in total. The fraction of sp³-hybridized carbons (Fsp3) is 0.696. The Labute approximate surface area is 346 Å². The topological polar surface area (TPSA) is 149 Å². The standard InChI is InChI=1S/C46H79O10P/c1-3-5-7-9-11-13-15-17-19-21-23-25-27-29-31-33-35-37-45(49)53-41-44(42-55-57(51,52)54-40-43(48)39-47)56-46(50)38-36-34-32-30-28-26-24-22-20-18-16-14-12-10-8-6-4-2/h6,8,12,14,17-20,24,26,30,32,43-44,47-48H,3-5,7,9-11,13,15-16,21-23,25,27-29,31,33-42H2,1-2H3,(H,51,52)/b8-6-,14-12-,19-17-,20-18-,26-24-,32-30-. The minimum atomic E-state index is -4.64. The van der Waals surface area contributed by atoms with E-state index in [1.807, 2.05) is 12.2 Å². The van der Waals surface area contributed by atoms with Gasteiger partial charge in [-0.3, -0.25) is 18.6 Å². The quantitative estimate of drug-likeness (QED) is 0.0236. The van der Waals surface area contributed by atoms with Gasteiger partial charge in [0.05, 0.1) is 19.8 Å². The summed E-state index contributed by atoms with van der Waals surface area (Å²) >= 11 is 0. The Balaban J connectivity index is 4.40. The number of ether oxygens (including phenoxy) is 2. The van der Waals surface area contributed by atoms with Gasteiger partial charge in [0, 0.05) is 12.8 Å². The van der Waals surface area contributed by atoms with E-state index in [1.165, 1.54) is 64.2 Å². The number of hydrogen-bond donors (Lipinski definition) is 3. The van der Waals surface area contributed by atoms with Crippen molar-refractivity contribution in [3.8, 4) is 0 Å². The summed E-state index contributed by atoms with van der Waals surface area (Å²) in [6, 6.07) is 0. The molecule has 0 aromatic carbocycles. The van der Waals surface area contributed by atoms with Gasteiger partial charge in [0.1, 0.15) is 12.7 Å². The lowest BCUT2D eigenvalue weighted by molar-refractivity contribution is -0.161. The molecule has 0 rings (SSSR count). The van der Waals surface area contributed by atoms with Crippen LogP contribution in [0.15, 0.2) is 72.9 Å². The second-order valence-electron chi connectivity index (χ2n) is 14.3. The first kappa shape index (κ1) is 54.4. The first-order valence-corrected chi connectivity index (χ1v) is 23.4. The molecule has 0 aliphatic rings. The SMILES string of the molecule is CC/C=C\C/C=C\C/C=C\C/C=C\C/C=C\CCCC(=O)OC(COC(=O)CCCCCCCCC/C=C\CCCCCCCC)COP(=O)(O)OCC(O)CO. The highest BCUT2D eigenvalue weighted by atomic mass is 31.2. The summed E-state index contributed by atoms with van der Waals surface area (Å²) < 4.78 is 32.7. The highest BCUT2D eigenvalue weighted by Crippen LogP contribution is 2.43. The van der Waals surface area contributed by atoms with Gasteiger partial charge < -0.3 is 24.6 Å². The Bertz CT molecular complexity index is 1180. The molecule has 0 aliphatic carbocycles. The number of allylic oxidation sites excluding steroid dienone is 12. The van der Waals surface area contributed by atoms with Crippen LogP contribution in [0.1, 0.15) is 168 Å². The fourth-order valence-corrected chi connectivity index (χ4v) is 6.28. The maximum Gasteiger partial charge on any atom is 0.472 e. The highest BCUT2D eigenvalue weighted by Gasteiger charge is 2.27. The van der Waals surface area contributed by atoms with Gasteiger partial charge in [-0.05, 0) is 77.0 Å². The molecule has 0 heterocycles. The summed E-state index contributed by atoms with van der Waals surface area (Å²) in [5.74, 6) is -1.00. The number of carbonyl (C=O) groups excluding carboxylic acids is 2. The predicted octanol–water partition coefficient (Wildman–Crippen LogP) is 11.7. The van der Waals surface area contributed by atoms with Crippen molar-refractivity contribution in [3.05, 3.63) is 72.9 Å². The average molecular weight is 823 g/mol. The van der Waals surface area contributed by atoms with Crippen LogP contribution < -0.4 is 0 Å². The summed E-state index contributed by atoms with van der Waals surface area (Å²) in [6.45, 7) is 2.18. The molecule has 3 N–H and O–H groups in total. The zero-order valence-corrected chi connectivity index (χ0v) is 36.4. The molecule has 0 aliphatic heterocycles. The lowest BCUT2D eigenvalue weighted by Gasteiger charge is -2.20. The third kappa shape index (κ3) is 41.4. The summed E-state index contributed by atoms with van der Waals surface area (Å²) in [5, 5.41) is 18.3. The first-order chi connectivity index (χ1) is 27.7. The van der Waals surface area contributed by atoms with Crippen molar-refractivity contribution in [2.45, 2.75) is 180 Å². The number of carbonyl (C=O) groups is 2. The molecule has 0 bridgehead atoms. The molecular weight excluding hydrogens is 743 g/mol. The van der Waals surface area contributed by atoms with Gasteiger partial charge >= 0.3 is 19.8 Å². The number of aliphatic hydroxyl groups excluding tert-OH is 2. The van der Waals surface area contributed by atoms with Gasteiger partial charge in [0.2, 0.25) is 0 Å². The number of aliphatic hydroxyl groups is 2. The van der Waals surface area contributed by atoms with Crippen molar-refractivity contribution in [2.24, 2.45) is 0 Å². The lowest BCUT2D eigenvalue weighted by atomic mass is 10.1. The van der Waals surface area contributed by atoms with Crippen LogP contribution in [0, 0.1) is 0 Å². The molecule has 0 saturated heterocycles. The van der Waals surface area contributed by atoms with Crippen molar-refractivity contribution < 1.29 is 47.8 Å². The number of phosphoric acid groups is 1. The normalized spacial score (nSPS) is 14.5. The van der Waals surface area contributed by atoms with Crippen LogP contribution in [-0.2, 0) is 32.7 Å². The molecule has 0 radical (unpaired) electrons. The molecular formula is C46H79O10P. The monoisotopic (exact) mass is 823 g/mol. The van der Waals surface area contributed by atoms with Crippen molar-refractivity contribution >= 4 is 19.8 Å². The molecule has 11 heteroatoms. The third-order valence-corrected chi connectivity index (χ3v) is 9.80. The molecule has 0 amide bonds. The molecule has 0 aromatic rings. The van der Waals surface area contributed by atoms with Crippen LogP contribution in [0.3, 0.4) is 0 Å². The van der Waals surface area contributed by atoms with Crippen LogP contribution in [0.25, 0.3) is 0 Å². The fourth-order valence-electron chi connectivity index (χ4n) is 5.49. The Kier molecular flexibility index (Phi) is 39.7. The van der Waals surface area contributed by atoms with E-state index in [0.29, 0.717) is 19.3 Å². The van der Waals surface area contributed by atoms with Gasteiger partial charge in [-0.15, -0.1) is 0 Å². The Morgan fingerprint density at radius 3 is 1.53 bits per heavy atom. The predicted molar refractivity (Wildman–Crippen MR) is 233 cm³/mol. The third-order valence-electron chi connectivity index (χ3n) is 8.84. The lowest BCUT2D eigenvalue weighted by Crippen LogP contribution is -2.29. The van der Waals surface area contributed by atoms with E-state index in [2.05, 4.69) is 79.1 Å². The Morgan fingerprint density at radius 2 is 0.982 bits per heavy atom. The minimum Gasteiger partial charge on any atom is -0.462 e. The van der Waals surface area contributed by atoms with E-state index >= 15 is 0 Å². The number of phosphoric ester groups is 1. The Morgan fingerprint density at radius 1 is 0.544 bits per heavy atom. The van der Waals surface area contributed by atoms with Crippen LogP contribution in [0.4, 0.5) is 0 Å². The molecule has 0 spiro atoms. The zero-order valence-electron chi connectivity index (χ0n) is 35.5. The van der Waals surface area contributed by atoms with Crippen molar-refractivity contribution in [2.75, 3.05) is 26.4 Å². The number of rotatable bonds is 40. The van der Waals surface area contributed by atoms with E-state index < -0.39 is 51.8 Å². The molecule has 0 fully saturated rings. The second kappa shape index (κ2) is 41.6. The van der Waals surface area contributed by atoms with Gasteiger partial charge in [-0.1, -0.05) is 151 Å². The van der Waals surface area contributed by atoms with Crippen molar-refractivity contribution in [1.29, 1.82) is 0 Å². The highest BCUT2D eigenvalue weighted by molar-refractivity contribution is 7.47. The molecule has 0 saturated carbocycles. The summed E-state index contributed by atoms with van der Waals surface area (Å²) in [4.78, 5) is 35.0. The van der Waals surface area contributed by atoms with Crippen molar-refractivity contribution in [1.82, 2.24) is 0 Å². The van der Waals surface area contributed by atoms with Crippen LogP contribution in [0.5, 0.6) is 0 Å². The molecule has 3 atom stereocenters. The largest absolute Gasteiger partial charge is 0.472 e. The van der Waals surface area contributed by atoms with Crippen LogP contribution >= 0.6 is 7.82 Å². The summed E-state index contributed by atoms with van der Waals surface area (Å²) in [5.41, 5.74) is 0. The first-order valence-electron chi connectivity index (χ1n) is 21.9. The van der Waals surface area contributed by atoms with E-state index in [-0.39, 0.29) is 19.4 Å². The maximum atomic E-state index is 12.6. The van der Waals surface area contributed by atoms with Gasteiger partial charge in [0.25, 0.3) is 0 Å². The molecule has 0 aromatic heterocycles. The Hall–Kier alpha value is -2.59. The maximum absolute atomic E-state index is 12.6. The number of hydrogen-bond acceptors (Lipinski definition) is 9. The molecule has 57 heavy (non-hydrogen) atoms. The van der Waals surface area contributed by atoms with Crippen LogP contribution in [0.2, 0.25) is 0 Å².